The second-order valence-corrected chi connectivity index (χ2v) is 4.96. The van der Waals surface area contributed by atoms with E-state index in [0.29, 0.717) is 6.04 Å². The van der Waals surface area contributed by atoms with Crippen LogP contribution >= 0.6 is 0 Å². The third-order valence-corrected chi connectivity index (χ3v) is 3.77. The number of nitrogens with two attached hydrogens (primary N) is 1. The topological polar surface area (TPSA) is 26.0 Å². The molecule has 0 saturated heterocycles. The van der Waals surface area contributed by atoms with Crippen LogP contribution in [-0.2, 0) is 0 Å². The molecule has 1 aromatic rings. The van der Waals surface area contributed by atoms with Gasteiger partial charge < -0.3 is 5.73 Å². The first kappa shape index (κ1) is 10.7. The van der Waals surface area contributed by atoms with Gasteiger partial charge >= 0.3 is 0 Å². The monoisotopic (exact) mass is 203 g/mol. The smallest absolute Gasteiger partial charge is 0.00392 e. The predicted molar refractivity (Wildman–Crippen MR) is 65.1 cm³/mol. The molecule has 0 aliphatic heterocycles. The Morgan fingerprint density at radius 1 is 1.00 bits per heavy atom. The Kier molecular flexibility index (Phi) is 3.11. The van der Waals surface area contributed by atoms with Gasteiger partial charge in [-0.25, -0.2) is 0 Å². The lowest BCUT2D eigenvalue weighted by atomic mass is 9.81. The fourth-order valence-electron chi connectivity index (χ4n) is 2.47. The molecule has 0 heterocycles. The van der Waals surface area contributed by atoms with E-state index in [9.17, 15) is 0 Å². The summed E-state index contributed by atoms with van der Waals surface area (Å²) in [5.41, 5.74) is 10.3. The van der Waals surface area contributed by atoms with E-state index in [4.69, 9.17) is 5.73 Å². The van der Waals surface area contributed by atoms with Crippen molar-refractivity contribution in [2.45, 2.75) is 51.5 Å². The van der Waals surface area contributed by atoms with E-state index in [2.05, 4.69) is 32.0 Å². The van der Waals surface area contributed by atoms with Crippen LogP contribution in [0.4, 0.5) is 0 Å². The zero-order valence-corrected chi connectivity index (χ0v) is 9.79. The molecule has 0 radical (unpaired) electrons. The van der Waals surface area contributed by atoms with E-state index < -0.39 is 0 Å². The zero-order chi connectivity index (χ0) is 10.8. The van der Waals surface area contributed by atoms with Crippen LogP contribution in [0.25, 0.3) is 0 Å². The van der Waals surface area contributed by atoms with E-state index in [1.165, 1.54) is 42.4 Å². The molecule has 1 aliphatic carbocycles. The summed E-state index contributed by atoms with van der Waals surface area (Å²) < 4.78 is 0. The van der Waals surface area contributed by atoms with Gasteiger partial charge in [-0.3, -0.25) is 0 Å². The van der Waals surface area contributed by atoms with Crippen molar-refractivity contribution in [3.63, 3.8) is 0 Å². The minimum Gasteiger partial charge on any atom is -0.328 e. The second-order valence-electron chi connectivity index (χ2n) is 4.96. The molecule has 1 nitrogen and oxygen atoms in total. The van der Waals surface area contributed by atoms with Crippen LogP contribution in [0.2, 0.25) is 0 Å². The third-order valence-electron chi connectivity index (χ3n) is 3.77. The fraction of sp³-hybridized carbons (Fsp3) is 0.571. The highest BCUT2D eigenvalue weighted by Gasteiger charge is 2.19. The summed E-state index contributed by atoms with van der Waals surface area (Å²) in [4.78, 5) is 0. The Balaban J connectivity index is 2.12. The largest absolute Gasteiger partial charge is 0.328 e. The molecule has 1 fully saturated rings. The molecule has 2 rings (SSSR count). The highest BCUT2D eigenvalue weighted by atomic mass is 14.6. The summed E-state index contributed by atoms with van der Waals surface area (Å²) in [7, 11) is 0. The molecule has 0 atom stereocenters. The lowest BCUT2D eigenvalue weighted by Crippen LogP contribution is -2.25. The van der Waals surface area contributed by atoms with Crippen LogP contribution < -0.4 is 5.73 Å². The molecular formula is C14H21N. The first-order chi connectivity index (χ1) is 7.16. The Morgan fingerprint density at radius 2 is 1.67 bits per heavy atom. The normalized spacial score (nSPS) is 26.6. The summed E-state index contributed by atoms with van der Waals surface area (Å²) in [5, 5.41) is 0. The zero-order valence-electron chi connectivity index (χ0n) is 9.79. The first-order valence-electron chi connectivity index (χ1n) is 5.99. The maximum Gasteiger partial charge on any atom is 0.00392 e. The van der Waals surface area contributed by atoms with Gasteiger partial charge in [0.15, 0.2) is 0 Å². The van der Waals surface area contributed by atoms with Gasteiger partial charge in [-0.1, -0.05) is 18.2 Å². The SMILES string of the molecule is Cc1ccc(C2CCC(N)CC2)cc1C. The predicted octanol–water partition coefficient (Wildman–Crippen LogP) is 3.29. The molecule has 0 amide bonds. The maximum atomic E-state index is 5.93. The van der Waals surface area contributed by atoms with Crippen molar-refractivity contribution >= 4 is 0 Å². The van der Waals surface area contributed by atoms with Gasteiger partial charge in [0.05, 0.1) is 0 Å². The van der Waals surface area contributed by atoms with Crippen LogP contribution in [0, 0.1) is 13.8 Å². The molecule has 82 valence electrons. The minimum absolute atomic E-state index is 0.452. The van der Waals surface area contributed by atoms with Crippen molar-refractivity contribution in [2.24, 2.45) is 5.73 Å². The highest BCUT2D eigenvalue weighted by molar-refractivity contribution is 5.32. The molecule has 0 aromatic heterocycles. The number of aryl methyl sites for hydroxylation is 2. The van der Waals surface area contributed by atoms with Gasteiger partial charge in [0, 0.05) is 6.04 Å². The standard InChI is InChI=1S/C14H21N/c1-10-3-4-13(9-11(10)2)12-5-7-14(15)8-6-12/h3-4,9,12,14H,5-8,15H2,1-2H3. The van der Waals surface area contributed by atoms with Crippen molar-refractivity contribution in [1.82, 2.24) is 0 Å². The minimum atomic E-state index is 0.452. The summed E-state index contributed by atoms with van der Waals surface area (Å²) >= 11 is 0. The fourth-order valence-corrected chi connectivity index (χ4v) is 2.47. The van der Waals surface area contributed by atoms with Crippen LogP contribution in [0.3, 0.4) is 0 Å². The van der Waals surface area contributed by atoms with Gasteiger partial charge in [-0.2, -0.15) is 0 Å². The molecular weight excluding hydrogens is 182 g/mol. The lowest BCUT2D eigenvalue weighted by molar-refractivity contribution is 0.395. The van der Waals surface area contributed by atoms with Crippen molar-refractivity contribution in [1.29, 1.82) is 0 Å². The number of hydrogen-bond acceptors (Lipinski definition) is 1. The van der Waals surface area contributed by atoms with E-state index in [1.54, 1.807) is 0 Å². The van der Waals surface area contributed by atoms with Gasteiger partial charge in [-0.15, -0.1) is 0 Å². The quantitative estimate of drug-likeness (QED) is 0.744. The number of hydrogen-bond donors (Lipinski definition) is 1. The number of benzene rings is 1. The lowest BCUT2D eigenvalue weighted by Gasteiger charge is -2.26. The van der Waals surface area contributed by atoms with Crippen molar-refractivity contribution < 1.29 is 0 Å². The maximum absolute atomic E-state index is 5.93. The van der Waals surface area contributed by atoms with E-state index in [-0.39, 0.29) is 0 Å². The molecule has 0 spiro atoms. The van der Waals surface area contributed by atoms with Crippen molar-refractivity contribution in [3.05, 3.63) is 34.9 Å². The Labute approximate surface area is 92.7 Å². The molecule has 0 bridgehead atoms. The van der Waals surface area contributed by atoms with Gasteiger partial charge in [0.1, 0.15) is 0 Å². The Bertz CT molecular complexity index is 335. The van der Waals surface area contributed by atoms with Gasteiger partial charge in [-0.05, 0) is 62.1 Å². The molecule has 1 heteroatoms. The third kappa shape index (κ3) is 2.40. The summed E-state index contributed by atoms with van der Waals surface area (Å²) in [6, 6.07) is 7.35. The molecule has 1 aromatic carbocycles. The average Bonchev–Trinajstić information content (AvgIpc) is 2.23. The van der Waals surface area contributed by atoms with Crippen LogP contribution in [-0.4, -0.2) is 6.04 Å². The average molecular weight is 203 g/mol. The molecule has 1 aliphatic rings. The van der Waals surface area contributed by atoms with Crippen LogP contribution in [0.1, 0.15) is 48.3 Å². The second kappa shape index (κ2) is 4.36. The van der Waals surface area contributed by atoms with Gasteiger partial charge in [0.2, 0.25) is 0 Å². The molecule has 1 saturated carbocycles. The number of rotatable bonds is 1. The molecule has 0 unspecified atom stereocenters. The summed E-state index contributed by atoms with van der Waals surface area (Å²) in [5.74, 6) is 0.754. The Hall–Kier alpha value is -0.820. The van der Waals surface area contributed by atoms with Crippen molar-refractivity contribution in [2.75, 3.05) is 0 Å². The first-order valence-corrected chi connectivity index (χ1v) is 5.99. The molecule has 2 N–H and O–H groups in total. The van der Waals surface area contributed by atoms with E-state index >= 15 is 0 Å². The Morgan fingerprint density at radius 3 is 2.27 bits per heavy atom. The van der Waals surface area contributed by atoms with E-state index in [0.717, 1.165) is 5.92 Å². The van der Waals surface area contributed by atoms with Gasteiger partial charge in [0.25, 0.3) is 0 Å². The highest BCUT2D eigenvalue weighted by Crippen LogP contribution is 2.32. The van der Waals surface area contributed by atoms with Crippen molar-refractivity contribution in [3.8, 4) is 0 Å². The van der Waals surface area contributed by atoms with Crippen LogP contribution in [0.5, 0.6) is 0 Å². The summed E-state index contributed by atoms with van der Waals surface area (Å²) in [6.45, 7) is 4.38. The summed E-state index contributed by atoms with van der Waals surface area (Å²) in [6.07, 6.45) is 4.92. The molecule has 15 heavy (non-hydrogen) atoms. The van der Waals surface area contributed by atoms with E-state index in [1.807, 2.05) is 0 Å². The van der Waals surface area contributed by atoms with Crippen LogP contribution in [0.15, 0.2) is 18.2 Å².